The minimum atomic E-state index is -3.97. The molecule has 10 heteroatoms. The van der Waals surface area contributed by atoms with E-state index >= 15 is 0 Å². The lowest BCUT2D eigenvalue weighted by atomic mass is 9.96. The Morgan fingerprint density at radius 3 is 2.33 bits per heavy atom. The summed E-state index contributed by atoms with van der Waals surface area (Å²) in [5.41, 5.74) is 3.35. The molecular weight excluding hydrogens is 482 g/mol. The van der Waals surface area contributed by atoms with Crippen LogP contribution < -0.4 is 4.72 Å². The third-order valence-electron chi connectivity index (χ3n) is 5.28. The predicted molar refractivity (Wildman–Crippen MR) is 130 cm³/mol. The van der Waals surface area contributed by atoms with Gasteiger partial charge in [-0.25, -0.2) is 8.42 Å². The molecule has 0 saturated heterocycles. The predicted octanol–water partition coefficient (Wildman–Crippen LogP) is 4.56. The molecule has 0 radical (unpaired) electrons. The van der Waals surface area contributed by atoms with Crippen LogP contribution in [-0.4, -0.2) is 33.2 Å². The number of rotatable bonds is 6. The van der Waals surface area contributed by atoms with Crippen LogP contribution in [0.4, 0.5) is 5.69 Å². The first kappa shape index (κ1) is 23.3. The molecule has 172 valence electrons. The number of aryl methyl sites for hydroxylation is 1. The lowest BCUT2D eigenvalue weighted by Crippen LogP contribution is -2.27. The molecule has 1 heterocycles. The molecule has 4 rings (SSSR count). The summed E-state index contributed by atoms with van der Waals surface area (Å²) in [6.07, 6.45) is 1.40. The molecule has 0 spiro atoms. The molecule has 0 amide bonds. The maximum absolute atomic E-state index is 13.6. The van der Waals surface area contributed by atoms with E-state index in [1.165, 1.54) is 24.3 Å². The van der Waals surface area contributed by atoms with Crippen molar-refractivity contribution in [2.45, 2.75) is 24.3 Å². The van der Waals surface area contributed by atoms with E-state index < -0.39 is 26.1 Å². The molecule has 0 fully saturated rings. The van der Waals surface area contributed by atoms with Gasteiger partial charge in [-0.15, -0.1) is 0 Å². The summed E-state index contributed by atoms with van der Waals surface area (Å²) in [6.45, 7) is 1.93. The second-order valence-electron chi connectivity index (χ2n) is 7.81. The van der Waals surface area contributed by atoms with Crippen molar-refractivity contribution in [1.82, 2.24) is 4.41 Å². The lowest BCUT2D eigenvalue weighted by Gasteiger charge is -2.24. The first-order valence-corrected chi connectivity index (χ1v) is 13.8. The summed E-state index contributed by atoms with van der Waals surface area (Å²) in [4.78, 5) is 0.0861. The normalized spacial score (nSPS) is 16.5. The molecule has 3 aromatic carbocycles. The van der Waals surface area contributed by atoms with Crippen molar-refractivity contribution in [1.29, 1.82) is 0 Å². The molecule has 7 nitrogen and oxygen atoms in total. The quantitative estimate of drug-likeness (QED) is 0.533. The molecule has 0 bridgehead atoms. The molecular formula is C23H22ClN3O4S2. The Bertz CT molecular complexity index is 1440. The van der Waals surface area contributed by atoms with Crippen LogP contribution in [0, 0.1) is 6.92 Å². The van der Waals surface area contributed by atoms with E-state index in [0.717, 1.165) is 21.8 Å². The largest absolute Gasteiger partial charge is 0.284 e. The van der Waals surface area contributed by atoms with Crippen molar-refractivity contribution in [3.05, 3.63) is 94.5 Å². The Balaban J connectivity index is 1.80. The highest BCUT2D eigenvalue weighted by molar-refractivity contribution is 7.92. The summed E-state index contributed by atoms with van der Waals surface area (Å²) in [5.74, 6) is 0. The van der Waals surface area contributed by atoms with Crippen LogP contribution in [0.25, 0.3) is 0 Å². The van der Waals surface area contributed by atoms with E-state index in [1.54, 1.807) is 24.3 Å². The zero-order valence-electron chi connectivity index (χ0n) is 17.9. The van der Waals surface area contributed by atoms with E-state index in [4.69, 9.17) is 11.6 Å². The van der Waals surface area contributed by atoms with E-state index in [0.29, 0.717) is 28.4 Å². The second kappa shape index (κ2) is 8.81. The Labute approximate surface area is 198 Å². The van der Waals surface area contributed by atoms with Crippen LogP contribution in [0.3, 0.4) is 0 Å². The SMILES string of the molecule is Cc1ccccc1[C@H]1CC(c2cccc(NS(C)(=O)=O)c2)=NN1S(=O)(=O)c1ccc(Cl)cc1. The van der Waals surface area contributed by atoms with Crippen molar-refractivity contribution in [3.8, 4) is 0 Å². The summed E-state index contributed by atoms with van der Waals surface area (Å²) in [7, 11) is -7.43. The van der Waals surface area contributed by atoms with Gasteiger partial charge in [0.25, 0.3) is 10.0 Å². The maximum Gasteiger partial charge on any atom is 0.279 e. The molecule has 1 aliphatic heterocycles. The van der Waals surface area contributed by atoms with Gasteiger partial charge in [0.15, 0.2) is 0 Å². The number of benzene rings is 3. The minimum absolute atomic E-state index is 0.0861. The average Bonchev–Trinajstić information content (AvgIpc) is 3.20. The van der Waals surface area contributed by atoms with E-state index in [-0.39, 0.29) is 4.90 Å². The molecule has 3 aromatic rings. The number of hydrazone groups is 1. The van der Waals surface area contributed by atoms with Crippen molar-refractivity contribution in [3.63, 3.8) is 0 Å². The number of hydrogen-bond acceptors (Lipinski definition) is 5. The fraction of sp³-hybridized carbons (Fsp3) is 0.174. The Morgan fingerprint density at radius 1 is 0.970 bits per heavy atom. The van der Waals surface area contributed by atoms with Gasteiger partial charge in [-0.3, -0.25) is 4.72 Å². The summed E-state index contributed by atoms with van der Waals surface area (Å²) in [6, 6.07) is 19.7. The second-order valence-corrected chi connectivity index (χ2v) is 11.8. The fourth-order valence-electron chi connectivity index (χ4n) is 3.77. The summed E-state index contributed by atoms with van der Waals surface area (Å²) >= 11 is 5.95. The van der Waals surface area contributed by atoms with Crippen molar-refractivity contribution >= 4 is 43.0 Å². The van der Waals surface area contributed by atoms with Crippen molar-refractivity contribution < 1.29 is 16.8 Å². The molecule has 0 unspecified atom stereocenters. The van der Waals surface area contributed by atoms with Gasteiger partial charge in [0.2, 0.25) is 10.0 Å². The molecule has 0 saturated carbocycles. The molecule has 1 aliphatic rings. The van der Waals surface area contributed by atoms with E-state index in [9.17, 15) is 16.8 Å². The molecule has 33 heavy (non-hydrogen) atoms. The Kier molecular flexibility index (Phi) is 6.22. The third kappa shape index (κ3) is 5.05. The van der Waals surface area contributed by atoms with E-state index in [1.807, 2.05) is 31.2 Å². The first-order chi connectivity index (χ1) is 15.5. The van der Waals surface area contributed by atoms with Gasteiger partial charge in [-0.2, -0.15) is 17.9 Å². The number of sulfonamides is 2. The minimum Gasteiger partial charge on any atom is -0.284 e. The van der Waals surface area contributed by atoms with Gasteiger partial charge in [-0.1, -0.05) is 48.0 Å². The highest BCUT2D eigenvalue weighted by Crippen LogP contribution is 2.38. The van der Waals surface area contributed by atoms with Crippen molar-refractivity contribution in [2.75, 3.05) is 11.0 Å². The average molecular weight is 504 g/mol. The number of hydrogen-bond donors (Lipinski definition) is 1. The van der Waals surface area contributed by atoms with Gasteiger partial charge in [-0.05, 0) is 60.0 Å². The highest BCUT2D eigenvalue weighted by Gasteiger charge is 2.38. The van der Waals surface area contributed by atoms with Gasteiger partial charge in [0, 0.05) is 17.1 Å². The fourth-order valence-corrected chi connectivity index (χ4v) is 5.87. The maximum atomic E-state index is 13.6. The van der Waals surface area contributed by atoms with Gasteiger partial charge >= 0.3 is 0 Å². The third-order valence-corrected chi connectivity index (χ3v) is 7.83. The Hall–Kier alpha value is -2.88. The standard InChI is InChI=1S/C23H22ClN3O4S2/c1-16-6-3-4-9-21(16)23-15-22(17-7-5-8-19(14-17)26-32(2,28)29)25-27(23)33(30,31)20-12-10-18(24)11-13-20/h3-14,23,26H,15H2,1-2H3/t23-/m1/s1. The molecule has 0 aromatic heterocycles. The molecule has 0 aliphatic carbocycles. The van der Waals surface area contributed by atoms with Gasteiger partial charge in [0.05, 0.1) is 22.9 Å². The zero-order chi connectivity index (χ0) is 23.8. The van der Waals surface area contributed by atoms with Crippen LogP contribution >= 0.6 is 11.6 Å². The number of nitrogens with zero attached hydrogens (tertiary/aromatic N) is 2. The molecule has 1 N–H and O–H groups in total. The zero-order valence-corrected chi connectivity index (χ0v) is 20.3. The van der Waals surface area contributed by atoms with Crippen LogP contribution in [0.1, 0.15) is 29.2 Å². The Morgan fingerprint density at radius 2 is 1.67 bits per heavy atom. The first-order valence-electron chi connectivity index (χ1n) is 10.1. The monoisotopic (exact) mass is 503 g/mol. The van der Waals surface area contributed by atoms with E-state index in [2.05, 4.69) is 9.82 Å². The summed E-state index contributed by atoms with van der Waals surface area (Å²) < 4.78 is 54.0. The van der Waals surface area contributed by atoms with Crippen LogP contribution in [0.5, 0.6) is 0 Å². The van der Waals surface area contributed by atoms with Gasteiger partial charge in [0.1, 0.15) is 0 Å². The number of anilines is 1. The summed E-state index contributed by atoms with van der Waals surface area (Å²) in [5, 5.41) is 4.95. The lowest BCUT2D eigenvalue weighted by molar-refractivity contribution is 0.370. The van der Waals surface area contributed by atoms with Gasteiger partial charge < -0.3 is 0 Å². The van der Waals surface area contributed by atoms with Crippen LogP contribution in [-0.2, 0) is 20.0 Å². The van der Waals surface area contributed by atoms with Crippen molar-refractivity contribution in [2.24, 2.45) is 5.10 Å². The highest BCUT2D eigenvalue weighted by atomic mass is 35.5. The molecule has 1 atom stereocenters. The number of halogens is 1. The topological polar surface area (TPSA) is 95.9 Å². The van der Waals surface area contributed by atoms with Crippen LogP contribution in [0.15, 0.2) is 82.8 Å². The van der Waals surface area contributed by atoms with Crippen LogP contribution in [0.2, 0.25) is 5.02 Å². The number of nitrogens with one attached hydrogen (secondary N) is 1. The smallest absolute Gasteiger partial charge is 0.279 e.